The van der Waals surface area contributed by atoms with Crippen LogP contribution in [0.5, 0.6) is 0 Å². The molecule has 108 valence electrons. The van der Waals surface area contributed by atoms with Gasteiger partial charge in [0.15, 0.2) is 5.82 Å². The highest BCUT2D eigenvalue weighted by molar-refractivity contribution is 7.92. The van der Waals surface area contributed by atoms with Crippen molar-refractivity contribution in [1.82, 2.24) is 9.78 Å². The second-order valence-corrected chi connectivity index (χ2v) is 6.28. The Morgan fingerprint density at radius 3 is 2.65 bits per heavy atom. The molecule has 2 aromatic rings. The number of sulfonamides is 1. The summed E-state index contributed by atoms with van der Waals surface area (Å²) in [5.41, 5.74) is 6.27. The zero-order chi connectivity index (χ0) is 15.1. The molecule has 0 aliphatic rings. The van der Waals surface area contributed by atoms with Crippen molar-refractivity contribution in [2.45, 2.75) is 11.8 Å². The maximum Gasteiger partial charge on any atom is 0.265 e. The van der Waals surface area contributed by atoms with E-state index in [2.05, 4.69) is 9.82 Å². The van der Waals surface area contributed by atoms with Crippen molar-refractivity contribution in [3.8, 4) is 0 Å². The molecule has 0 aliphatic heterocycles. The molecule has 0 spiro atoms. The molecule has 0 aliphatic carbocycles. The number of nitrogens with two attached hydrogens (primary N) is 1. The van der Waals surface area contributed by atoms with Crippen LogP contribution in [0.15, 0.2) is 23.2 Å². The molecule has 0 saturated heterocycles. The molecule has 9 heteroatoms. The smallest absolute Gasteiger partial charge is 0.265 e. The summed E-state index contributed by atoms with van der Waals surface area (Å²) in [6.07, 6.45) is 1.47. The molecule has 3 N–H and O–H groups in total. The second kappa shape index (κ2) is 4.95. The monoisotopic (exact) mass is 318 g/mol. The van der Waals surface area contributed by atoms with E-state index in [0.717, 1.165) is 12.1 Å². The zero-order valence-corrected chi connectivity index (χ0v) is 12.3. The summed E-state index contributed by atoms with van der Waals surface area (Å²) < 4.78 is 41.9. The predicted octanol–water partition coefficient (Wildman–Crippen LogP) is 1.90. The quantitative estimate of drug-likeness (QED) is 0.846. The van der Waals surface area contributed by atoms with Crippen molar-refractivity contribution < 1.29 is 12.8 Å². The van der Waals surface area contributed by atoms with Crippen LogP contribution >= 0.6 is 11.6 Å². The van der Waals surface area contributed by atoms with Gasteiger partial charge in [-0.05, 0) is 19.1 Å². The Hall–Kier alpha value is -1.80. The minimum absolute atomic E-state index is 0.0553. The highest BCUT2D eigenvalue weighted by Gasteiger charge is 2.23. The number of rotatable bonds is 3. The molecular weight excluding hydrogens is 307 g/mol. The van der Waals surface area contributed by atoms with E-state index in [1.54, 1.807) is 14.0 Å². The van der Waals surface area contributed by atoms with Gasteiger partial charge in [-0.15, -0.1) is 0 Å². The molecule has 0 unspecified atom stereocenters. The molecule has 2 rings (SSSR count). The number of aromatic nitrogens is 2. The number of hydrogen-bond acceptors (Lipinski definition) is 4. The lowest BCUT2D eigenvalue weighted by Crippen LogP contribution is -2.15. The standard InChI is InChI=1S/C11H12ClFN4O2S/c1-6-9(5-17(2)15-6)16-20(18,19)10-4-7(14)3-8(12)11(10)13/h3-5,16H,14H2,1-2H3. The summed E-state index contributed by atoms with van der Waals surface area (Å²) in [6.45, 7) is 1.63. The topological polar surface area (TPSA) is 90.0 Å². The lowest BCUT2D eigenvalue weighted by atomic mass is 10.3. The summed E-state index contributed by atoms with van der Waals surface area (Å²) in [4.78, 5) is -0.606. The van der Waals surface area contributed by atoms with Gasteiger partial charge in [0, 0.05) is 18.9 Å². The van der Waals surface area contributed by atoms with Crippen molar-refractivity contribution in [1.29, 1.82) is 0 Å². The van der Waals surface area contributed by atoms with Crippen LogP contribution in [0, 0.1) is 12.7 Å². The van der Waals surface area contributed by atoms with Gasteiger partial charge in [-0.25, -0.2) is 12.8 Å². The first-order chi connectivity index (χ1) is 9.20. The molecule has 0 atom stereocenters. The molecule has 1 aromatic heterocycles. The first kappa shape index (κ1) is 14.6. The Morgan fingerprint density at radius 2 is 2.10 bits per heavy atom. The van der Waals surface area contributed by atoms with E-state index in [1.165, 1.54) is 10.9 Å². The van der Waals surface area contributed by atoms with E-state index in [1.807, 2.05) is 0 Å². The average molecular weight is 319 g/mol. The average Bonchev–Trinajstić information content (AvgIpc) is 2.61. The highest BCUT2D eigenvalue weighted by Crippen LogP contribution is 2.27. The maximum absolute atomic E-state index is 13.9. The van der Waals surface area contributed by atoms with Crippen LogP contribution in [-0.4, -0.2) is 18.2 Å². The zero-order valence-electron chi connectivity index (χ0n) is 10.7. The van der Waals surface area contributed by atoms with Crippen LogP contribution in [0.1, 0.15) is 5.69 Å². The van der Waals surface area contributed by atoms with Crippen LogP contribution < -0.4 is 10.5 Å². The van der Waals surface area contributed by atoms with E-state index >= 15 is 0 Å². The van der Waals surface area contributed by atoms with Crippen molar-refractivity contribution in [3.05, 3.63) is 34.9 Å². The number of halogens is 2. The van der Waals surface area contributed by atoms with E-state index < -0.39 is 20.7 Å². The van der Waals surface area contributed by atoms with E-state index in [4.69, 9.17) is 17.3 Å². The van der Waals surface area contributed by atoms with Crippen molar-refractivity contribution in [3.63, 3.8) is 0 Å². The van der Waals surface area contributed by atoms with Crippen molar-refractivity contribution >= 4 is 33.0 Å². The molecule has 0 amide bonds. The second-order valence-electron chi connectivity index (χ2n) is 4.22. The molecule has 6 nitrogen and oxygen atoms in total. The summed E-state index contributed by atoms with van der Waals surface area (Å²) in [5.74, 6) is -1.05. The molecule has 0 fully saturated rings. The van der Waals surface area contributed by atoms with Crippen LogP contribution in [-0.2, 0) is 17.1 Å². The minimum Gasteiger partial charge on any atom is -0.399 e. The van der Waals surface area contributed by atoms with E-state index in [0.29, 0.717) is 5.69 Å². The number of nitrogens with zero attached hydrogens (tertiary/aromatic N) is 2. The summed E-state index contributed by atoms with van der Waals surface area (Å²) in [5, 5.41) is 3.64. The molecule has 0 saturated carbocycles. The number of nitrogens with one attached hydrogen (secondary N) is 1. The van der Waals surface area contributed by atoms with Gasteiger partial charge in [0.2, 0.25) is 0 Å². The van der Waals surface area contributed by atoms with Gasteiger partial charge in [-0.2, -0.15) is 5.10 Å². The fourth-order valence-corrected chi connectivity index (χ4v) is 3.20. The van der Waals surface area contributed by atoms with E-state index in [9.17, 15) is 12.8 Å². The third kappa shape index (κ3) is 2.70. The van der Waals surface area contributed by atoms with Gasteiger partial charge in [-0.1, -0.05) is 11.6 Å². The number of benzene rings is 1. The van der Waals surface area contributed by atoms with E-state index in [-0.39, 0.29) is 16.4 Å². The third-order valence-corrected chi connectivity index (χ3v) is 4.20. The number of anilines is 2. The van der Waals surface area contributed by atoms with Gasteiger partial charge >= 0.3 is 0 Å². The number of nitrogen functional groups attached to an aromatic ring is 1. The fourth-order valence-electron chi connectivity index (χ4n) is 1.68. The highest BCUT2D eigenvalue weighted by atomic mass is 35.5. The lowest BCUT2D eigenvalue weighted by Gasteiger charge is -2.09. The van der Waals surface area contributed by atoms with Gasteiger partial charge in [0.1, 0.15) is 4.90 Å². The first-order valence-electron chi connectivity index (χ1n) is 5.48. The van der Waals surface area contributed by atoms with Crippen LogP contribution in [0.2, 0.25) is 5.02 Å². The van der Waals surface area contributed by atoms with Crippen molar-refractivity contribution in [2.75, 3.05) is 10.5 Å². The molecule has 1 heterocycles. The molecule has 1 aromatic carbocycles. The molecular formula is C11H12ClFN4O2S. The first-order valence-corrected chi connectivity index (χ1v) is 7.34. The predicted molar refractivity (Wildman–Crippen MR) is 74.6 cm³/mol. The molecule has 0 bridgehead atoms. The summed E-state index contributed by atoms with van der Waals surface area (Å²) >= 11 is 5.60. The Balaban J connectivity index is 2.49. The largest absolute Gasteiger partial charge is 0.399 e. The summed E-state index contributed by atoms with van der Waals surface area (Å²) in [7, 11) is -2.50. The molecule has 20 heavy (non-hydrogen) atoms. The van der Waals surface area contributed by atoms with Crippen LogP contribution in [0.25, 0.3) is 0 Å². The Labute approximate surface area is 120 Å². The normalized spacial score (nSPS) is 11.6. The maximum atomic E-state index is 13.9. The molecule has 0 radical (unpaired) electrons. The third-order valence-electron chi connectivity index (χ3n) is 2.56. The van der Waals surface area contributed by atoms with Gasteiger partial charge in [0.25, 0.3) is 10.0 Å². The van der Waals surface area contributed by atoms with Gasteiger partial charge < -0.3 is 5.73 Å². The Morgan fingerprint density at radius 1 is 1.45 bits per heavy atom. The SMILES string of the molecule is Cc1nn(C)cc1NS(=O)(=O)c1cc(N)cc(Cl)c1F. The Kier molecular flexibility index (Phi) is 3.61. The van der Waals surface area contributed by atoms with Crippen molar-refractivity contribution in [2.24, 2.45) is 7.05 Å². The van der Waals surface area contributed by atoms with Gasteiger partial charge in [-0.3, -0.25) is 9.40 Å². The number of hydrogen-bond donors (Lipinski definition) is 2. The van der Waals surface area contributed by atoms with Gasteiger partial charge in [0.05, 0.1) is 16.4 Å². The fraction of sp³-hybridized carbons (Fsp3) is 0.182. The van der Waals surface area contributed by atoms with Crippen LogP contribution in [0.4, 0.5) is 15.8 Å². The number of aryl methyl sites for hydroxylation is 2. The summed E-state index contributed by atoms with van der Waals surface area (Å²) in [6, 6.07) is 2.15. The minimum atomic E-state index is -4.14. The Bertz CT molecular complexity index is 773. The lowest BCUT2D eigenvalue weighted by molar-refractivity contribution is 0.571. The van der Waals surface area contributed by atoms with Crippen LogP contribution in [0.3, 0.4) is 0 Å².